The maximum atomic E-state index is 13.4. The Balaban J connectivity index is 1.82. The third-order valence-electron chi connectivity index (χ3n) is 6.44. The van der Waals surface area contributed by atoms with Crippen molar-refractivity contribution in [1.29, 1.82) is 5.26 Å². The Bertz CT molecular complexity index is 1690. The molecular weight excluding hydrogens is 474 g/mol. The summed E-state index contributed by atoms with van der Waals surface area (Å²) >= 11 is 0. The van der Waals surface area contributed by atoms with Crippen LogP contribution in [0.2, 0.25) is 0 Å². The van der Waals surface area contributed by atoms with Crippen LogP contribution in [0.5, 0.6) is 11.5 Å². The van der Waals surface area contributed by atoms with E-state index in [-0.39, 0.29) is 40.2 Å². The minimum absolute atomic E-state index is 0.0835. The minimum Gasteiger partial charge on any atom is -0.497 e. The van der Waals surface area contributed by atoms with Gasteiger partial charge in [0, 0.05) is 24.4 Å². The number of pyridine rings is 2. The first-order valence-corrected chi connectivity index (χ1v) is 11.8. The Morgan fingerprint density at radius 1 is 1.22 bits per heavy atom. The molecule has 37 heavy (non-hydrogen) atoms. The van der Waals surface area contributed by atoms with Crippen molar-refractivity contribution in [2.45, 2.75) is 32.4 Å². The van der Waals surface area contributed by atoms with Crippen molar-refractivity contribution in [3.63, 3.8) is 0 Å². The van der Waals surface area contributed by atoms with Gasteiger partial charge in [0.05, 0.1) is 37.8 Å². The average Bonchev–Trinajstić information content (AvgIpc) is 3.43. The van der Waals surface area contributed by atoms with Gasteiger partial charge in [-0.05, 0) is 49.6 Å². The van der Waals surface area contributed by atoms with Crippen molar-refractivity contribution < 1.29 is 19.0 Å². The maximum absolute atomic E-state index is 13.4. The van der Waals surface area contributed by atoms with Gasteiger partial charge in [-0.1, -0.05) is 6.07 Å². The maximum Gasteiger partial charge on any atom is 0.279 e. The lowest BCUT2D eigenvalue weighted by molar-refractivity contribution is 0.0952. The summed E-state index contributed by atoms with van der Waals surface area (Å²) in [7, 11) is 2.98. The summed E-state index contributed by atoms with van der Waals surface area (Å²) in [4.78, 5) is 36.0. The number of aromatic nitrogens is 3. The highest BCUT2D eigenvalue weighted by Gasteiger charge is 2.22. The van der Waals surface area contributed by atoms with Crippen LogP contribution >= 0.6 is 0 Å². The number of amides is 1. The van der Waals surface area contributed by atoms with Gasteiger partial charge < -0.3 is 18.8 Å². The van der Waals surface area contributed by atoms with Gasteiger partial charge in [-0.25, -0.2) is 4.98 Å². The van der Waals surface area contributed by atoms with E-state index >= 15 is 0 Å². The summed E-state index contributed by atoms with van der Waals surface area (Å²) < 4.78 is 19.5. The van der Waals surface area contributed by atoms with Gasteiger partial charge in [-0.3, -0.25) is 14.0 Å². The minimum atomic E-state index is -0.595. The third kappa shape index (κ3) is 4.45. The molecule has 10 nitrogen and oxygen atoms in total. The SMILES string of the molecule is COc1cc(OC)cc(C(=O)N=c2c(C#N)cc3c(=O)n4cccc(C)c4nc3n2C[C@@H]2CCCO2)c1. The third-order valence-corrected chi connectivity index (χ3v) is 6.44. The molecule has 5 rings (SSSR count). The largest absolute Gasteiger partial charge is 0.497 e. The highest BCUT2D eigenvalue weighted by atomic mass is 16.5. The first kappa shape index (κ1) is 24.2. The zero-order valence-electron chi connectivity index (χ0n) is 20.7. The summed E-state index contributed by atoms with van der Waals surface area (Å²) in [5, 5.41) is 10.3. The van der Waals surface area contributed by atoms with Gasteiger partial charge in [0.15, 0.2) is 5.49 Å². The molecule has 0 N–H and O–H groups in total. The molecule has 1 aromatic carbocycles. The molecule has 0 bridgehead atoms. The highest BCUT2D eigenvalue weighted by Crippen LogP contribution is 2.23. The molecule has 0 spiro atoms. The second-order valence-electron chi connectivity index (χ2n) is 8.80. The molecule has 0 aliphatic carbocycles. The fraction of sp³-hybridized carbons (Fsp3) is 0.296. The molecule has 1 amide bonds. The molecule has 10 heteroatoms. The van der Waals surface area contributed by atoms with E-state index in [0.29, 0.717) is 29.4 Å². The molecule has 188 valence electrons. The summed E-state index contributed by atoms with van der Waals surface area (Å²) in [6, 6.07) is 11.9. The molecular formula is C27H25N5O5. The Hall–Kier alpha value is -4.49. The standard InChI is InChI=1S/C27H25N5O5/c1-16-6-4-8-31-23(16)29-25-22(27(31)34)12-18(14-28)24(32(25)15-19-7-5-9-37-19)30-26(33)17-10-20(35-2)13-21(11-17)36-3/h4,6,8,10-13,19H,5,7,9,15H2,1-3H3/t19-/m0/s1. The predicted molar refractivity (Wildman–Crippen MR) is 135 cm³/mol. The van der Waals surface area contributed by atoms with Crippen LogP contribution in [0.25, 0.3) is 16.7 Å². The average molecular weight is 500 g/mol. The number of carbonyl (C=O) groups excluding carboxylic acids is 1. The van der Waals surface area contributed by atoms with Gasteiger partial charge in [0.1, 0.15) is 28.9 Å². The monoisotopic (exact) mass is 499 g/mol. The fourth-order valence-corrected chi connectivity index (χ4v) is 4.55. The predicted octanol–water partition coefficient (Wildman–Crippen LogP) is 2.77. The zero-order valence-corrected chi connectivity index (χ0v) is 20.7. The van der Waals surface area contributed by atoms with Crippen molar-refractivity contribution in [2.24, 2.45) is 4.99 Å². The zero-order chi connectivity index (χ0) is 26.1. The first-order valence-electron chi connectivity index (χ1n) is 11.8. The van der Waals surface area contributed by atoms with Crippen molar-refractivity contribution in [2.75, 3.05) is 20.8 Å². The lowest BCUT2D eigenvalue weighted by Gasteiger charge is -2.17. The van der Waals surface area contributed by atoms with Gasteiger partial charge in [-0.15, -0.1) is 0 Å². The Kier molecular flexibility index (Phi) is 6.46. The van der Waals surface area contributed by atoms with Crippen LogP contribution < -0.4 is 20.5 Å². The molecule has 1 fully saturated rings. The lowest BCUT2D eigenvalue weighted by Crippen LogP contribution is -2.33. The molecule has 0 saturated carbocycles. The number of hydrogen-bond acceptors (Lipinski definition) is 7. The summed E-state index contributed by atoms with van der Waals surface area (Å²) in [6.45, 7) is 2.77. The van der Waals surface area contributed by atoms with E-state index < -0.39 is 5.91 Å². The van der Waals surface area contributed by atoms with Crippen LogP contribution in [-0.4, -0.2) is 46.8 Å². The van der Waals surface area contributed by atoms with Gasteiger partial charge >= 0.3 is 0 Å². The number of hydrogen-bond donors (Lipinski definition) is 0. The molecule has 1 aliphatic heterocycles. The highest BCUT2D eigenvalue weighted by molar-refractivity contribution is 5.96. The van der Waals surface area contributed by atoms with Crippen molar-refractivity contribution in [3.05, 3.63) is 75.1 Å². The number of nitrogens with zero attached hydrogens (tertiary/aromatic N) is 5. The Morgan fingerprint density at radius 2 is 1.97 bits per heavy atom. The van der Waals surface area contributed by atoms with E-state index in [0.717, 1.165) is 18.4 Å². The molecule has 0 unspecified atom stereocenters. The molecule has 3 aromatic heterocycles. The van der Waals surface area contributed by atoms with Gasteiger partial charge in [0.2, 0.25) is 0 Å². The number of ether oxygens (including phenoxy) is 3. The second kappa shape index (κ2) is 9.87. The molecule has 4 heterocycles. The number of methoxy groups -OCH3 is 2. The molecule has 4 aromatic rings. The van der Waals surface area contributed by atoms with E-state index in [9.17, 15) is 14.9 Å². The van der Waals surface area contributed by atoms with E-state index in [4.69, 9.17) is 19.2 Å². The van der Waals surface area contributed by atoms with E-state index in [1.54, 1.807) is 35.0 Å². The van der Waals surface area contributed by atoms with E-state index in [2.05, 4.69) is 11.1 Å². The molecule has 1 atom stereocenters. The number of benzene rings is 1. The number of aryl methyl sites for hydroxylation is 1. The number of nitriles is 1. The van der Waals surface area contributed by atoms with Crippen molar-refractivity contribution >= 4 is 22.6 Å². The fourth-order valence-electron chi connectivity index (χ4n) is 4.55. The van der Waals surface area contributed by atoms with Crippen LogP contribution in [-0.2, 0) is 11.3 Å². The molecule has 0 radical (unpaired) electrons. The van der Waals surface area contributed by atoms with E-state index in [1.165, 1.54) is 24.7 Å². The van der Waals surface area contributed by atoms with Crippen molar-refractivity contribution in [3.8, 4) is 17.6 Å². The molecule has 1 saturated heterocycles. The topological polar surface area (TPSA) is 120 Å². The first-order chi connectivity index (χ1) is 17.9. The van der Waals surface area contributed by atoms with Crippen LogP contribution in [0.15, 0.2) is 52.4 Å². The van der Waals surface area contributed by atoms with Crippen molar-refractivity contribution in [1.82, 2.24) is 14.0 Å². The number of rotatable bonds is 5. The number of fused-ring (bicyclic) bond motifs is 2. The summed E-state index contributed by atoms with van der Waals surface area (Å²) in [5.41, 5.74) is 1.75. The molecule has 1 aliphatic rings. The van der Waals surface area contributed by atoms with Crippen LogP contribution in [0.1, 0.15) is 34.3 Å². The summed E-state index contributed by atoms with van der Waals surface area (Å²) in [6.07, 6.45) is 3.18. The Morgan fingerprint density at radius 3 is 2.62 bits per heavy atom. The van der Waals surface area contributed by atoms with Gasteiger partial charge in [-0.2, -0.15) is 10.3 Å². The number of carbonyl (C=O) groups is 1. The lowest BCUT2D eigenvalue weighted by atomic mass is 10.1. The normalized spacial score (nSPS) is 15.7. The van der Waals surface area contributed by atoms with Crippen LogP contribution in [0.4, 0.5) is 0 Å². The second-order valence-corrected chi connectivity index (χ2v) is 8.80. The van der Waals surface area contributed by atoms with Gasteiger partial charge in [0.25, 0.3) is 11.5 Å². The quantitative estimate of drug-likeness (QED) is 0.387. The summed E-state index contributed by atoms with van der Waals surface area (Å²) in [5.74, 6) is 0.268. The van der Waals surface area contributed by atoms with Crippen LogP contribution in [0, 0.1) is 18.3 Å². The van der Waals surface area contributed by atoms with Crippen LogP contribution in [0.3, 0.4) is 0 Å². The van der Waals surface area contributed by atoms with E-state index in [1.807, 2.05) is 13.0 Å². The smallest absolute Gasteiger partial charge is 0.279 e. The Labute approximate surface area is 212 Å².